The third-order valence-electron chi connectivity index (χ3n) is 16.6. The Balaban J connectivity index is 5.39. The van der Waals surface area contributed by atoms with Crippen LogP contribution in [0.1, 0.15) is 323 Å². The van der Waals surface area contributed by atoms with Crippen molar-refractivity contribution in [2.24, 2.45) is 0 Å². The number of allylic oxidation sites excluding steroid dienone is 22. The van der Waals surface area contributed by atoms with E-state index < -0.39 is 97.5 Å². The zero-order chi connectivity index (χ0) is 76.0. The predicted molar refractivity (Wildman–Crippen MR) is 427 cm³/mol. The topological polar surface area (TPSA) is 237 Å². The van der Waals surface area contributed by atoms with Gasteiger partial charge in [0.15, 0.2) is 12.2 Å². The molecule has 0 aromatic carbocycles. The number of rotatable bonds is 75. The molecule has 0 radical (unpaired) electrons. The highest BCUT2D eigenvalue weighted by molar-refractivity contribution is 7.47. The normalized spacial score (nSPS) is 14.6. The molecule has 0 fully saturated rings. The summed E-state index contributed by atoms with van der Waals surface area (Å²) < 4.78 is 68.5. The van der Waals surface area contributed by atoms with Gasteiger partial charge in [0.1, 0.15) is 19.3 Å². The van der Waals surface area contributed by atoms with Crippen molar-refractivity contribution >= 4 is 39.5 Å². The molecule has 0 bridgehead atoms. The molecule has 5 unspecified atom stereocenters. The van der Waals surface area contributed by atoms with Crippen LogP contribution in [0, 0.1) is 0 Å². The highest BCUT2D eigenvalue weighted by atomic mass is 31.2. The Morgan fingerprint density at radius 1 is 0.279 bits per heavy atom. The van der Waals surface area contributed by atoms with E-state index in [1.807, 2.05) is 12.2 Å². The smallest absolute Gasteiger partial charge is 0.462 e. The van der Waals surface area contributed by atoms with Crippen LogP contribution in [0.2, 0.25) is 0 Å². The van der Waals surface area contributed by atoms with Crippen LogP contribution in [0.25, 0.3) is 0 Å². The fraction of sp³-hybridized carbons (Fsp3) is 0.694. The second-order valence-corrected chi connectivity index (χ2v) is 29.5. The number of hydrogen-bond donors (Lipinski definition) is 3. The van der Waals surface area contributed by atoms with E-state index in [2.05, 4.69) is 149 Å². The molecule has 596 valence electrons. The highest BCUT2D eigenvalue weighted by Gasteiger charge is 2.30. The quantitative estimate of drug-likeness (QED) is 0.0169. The van der Waals surface area contributed by atoms with E-state index in [0.29, 0.717) is 32.1 Å². The minimum atomic E-state index is -5.00. The van der Waals surface area contributed by atoms with Crippen molar-refractivity contribution in [1.82, 2.24) is 0 Å². The van der Waals surface area contributed by atoms with Gasteiger partial charge in [-0.25, -0.2) is 9.13 Å². The lowest BCUT2D eigenvalue weighted by Gasteiger charge is -2.21. The van der Waals surface area contributed by atoms with E-state index >= 15 is 0 Å². The lowest BCUT2D eigenvalue weighted by atomic mass is 10.1. The summed E-state index contributed by atoms with van der Waals surface area (Å²) in [4.78, 5) is 73.0. The minimum Gasteiger partial charge on any atom is -0.462 e. The van der Waals surface area contributed by atoms with Crippen LogP contribution in [0.4, 0.5) is 0 Å². The molecular formula is C85H144O17P2. The summed E-state index contributed by atoms with van der Waals surface area (Å²) in [7, 11) is -9.98. The molecule has 3 N–H and O–H groups in total. The fourth-order valence-corrected chi connectivity index (χ4v) is 12.1. The zero-order valence-electron chi connectivity index (χ0n) is 65.2. The first-order valence-electron chi connectivity index (χ1n) is 40.4. The number of phosphoric acid groups is 2. The average molecular weight is 1500 g/mol. The van der Waals surface area contributed by atoms with Gasteiger partial charge in [0.2, 0.25) is 0 Å². The van der Waals surface area contributed by atoms with E-state index in [4.69, 9.17) is 37.0 Å². The van der Waals surface area contributed by atoms with Gasteiger partial charge in [-0.3, -0.25) is 37.3 Å². The summed E-state index contributed by atoms with van der Waals surface area (Å²) in [6.45, 7) is 4.54. The van der Waals surface area contributed by atoms with Gasteiger partial charge in [0.25, 0.3) is 0 Å². The standard InChI is InChI=1S/C85H144O17P2/c1-5-9-13-17-21-25-29-32-35-38-39-42-44-47-51-54-58-62-66-70-83(88)96-76-81(102-85(90)72-68-64-60-56-52-48-45-41-37-34-31-27-23-19-15-11-7-3)78-100-104(93,94)98-74-79(86)73-97-103(91,92)99-77-80(101-84(89)71-67-63-59-55-49-28-24-20-16-12-8-4)75-95-82(87)69-65-61-57-53-50-46-43-40-36-33-30-26-22-18-14-10-6-2/h10-11,14-15,21-23,25-27,32-37,39,42,45,48,56,60,79-81,86H,5-9,12-13,16-20,24,28-31,38,40-41,43-44,46-47,49-55,57-59,61-78H2,1-4H3,(H,91,92)(H,93,94)/b14-10-,15-11-,25-21-,26-22-,27-23-,35-32-,36-33-,37-34-,42-39-,48-45-,60-56-. The third kappa shape index (κ3) is 75.4. The molecule has 0 aliphatic carbocycles. The van der Waals surface area contributed by atoms with E-state index in [9.17, 15) is 43.2 Å². The van der Waals surface area contributed by atoms with Gasteiger partial charge < -0.3 is 33.8 Å². The van der Waals surface area contributed by atoms with Crippen molar-refractivity contribution in [3.8, 4) is 0 Å². The summed E-state index contributed by atoms with van der Waals surface area (Å²) in [5, 5.41) is 10.6. The van der Waals surface area contributed by atoms with Gasteiger partial charge in [-0.2, -0.15) is 0 Å². The molecule has 0 aliphatic heterocycles. The first kappa shape index (κ1) is 99.2. The number of aliphatic hydroxyl groups excluding tert-OH is 1. The van der Waals surface area contributed by atoms with Crippen molar-refractivity contribution in [1.29, 1.82) is 0 Å². The molecule has 0 heterocycles. The Kier molecular flexibility index (Phi) is 72.9. The van der Waals surface area contributed by atoms with Gasteiger partial charge in [-0.05, 0) is 135 Å². The van der Waals surface area contributed by atoms with Gasteiger partial charge in [0, 0.05) is 25.7 Å². The average Bonchev–Trinajstić information content (AvgIpc) is 0.908. The predicted octanol–water partition coefficient (Wildman–Crippen LogP) is 23.7. The number of carbonyl (C=O) groups excluding carboxylic acids is 4. The van der Waals surface area contributed by atoms with Crippen molar-refractivity contribution in [3.05, 3.63) is 134 Å². The van der Waals surface area contributed by atoms with Crippen LogP contribution >= 0.6 is 15.6 Å². The van der Waals surface area contributed by atoms with Crippen LogP contribution in [0.3, 0.4) is 0 Å². The Morgan fingerprint density at radius 3 is 0.827 bits per heavy atom. The Bertz CT molecular complexity index is 2490. The number of hydrogen-bond acceptors (Lipinski definition) is 15. The molecule has 5 atom stereocenters. The third-order valence-corrected chi connectivity index (χ3v) is 18.5. The Hall–Kier alpha value is -4.80. The maximum Gasteiger partial charge on any atom is 0.472 e. The first-order chi connectivity index (χ1) is 50.7. The van der Waals surface area contributed by atoms with E-state index in [1.165, 1.54) is 57.8 Å². The summed E-state index contributed by atoms with van der Waals surface area (Å²) >= 11 is 0. The number of esters is 4. The van der Waals surface area contributed by atoms with Crippen molar-refractivity contribution in [3.63, 3.8) is 0 Å². The minimum absolute atomic E-state index is 0.0110. The number of ether oxygens (including phenoxy) is 4. The molecule has 19 heteroatoms. The summed E-state index contributed by atoms with van der Waals surface area (Å²) in [6, 6.07) is 0. The van der Waals surface area contributed by atoms with Crippen LogP contribution in [-0.4, -0.2) is 96.7 Å². The van der Waals surface area contributed by atoms with Crippen molar-refractivity contribution in [2.75, 3.05) is 39.6 Å². The summed E-state index contributed by atoms with van der Waals surface area (Å²) in [5.41, 5.74) is 0. The van der Waals surface area contributed by atoms with E-state index in [1.54, 1.807) is 0 Å². The van der Waals surface area contributed by atoms with Crippen molar-refractivity contribution in [2.45, 2.75) is 341 Å². The van der Waals surface area contributed by atoms with Gasteiger partial charge in [-0.1, -0.05) is 296 Å². The maximum atomic E-state index is 13.1. The summed E-state index contributed by atoms with van der Waals surface area (Å²) in [6.07, 6.45) is 85.8. The molecule has 0 saturated carbocycles. The SMILES string of the molecule is CC/C=C\C/C=C\C/C=C\C/C=C\C/C=C\CCCC(=O)OC(COC(=O)CCCCCCCC/C=C\C/C=C\C/C=C\CCCCC)COP(=O)(O)OCC(O)COP(=O)(O)OCC(COC(=O)CCCCCCCCC/C=C\C/C=C\C/C=C\CC)OC(=O)CCCCCCCCCCCCC. The molecule has 0 rings (SSSR count). The molecule has 17 nitrogen and oxygen atoms in total. The lowest BCUT2D eigenvalue weighted by Crippen LogP contribution is -2.30. The molecule has 0 spiro atoms. The van der Waals surface area contributed by atoms with Crippen molar-refractivity contribution < 1.29 is 80.2 Å². The summed E-state index contributed by atoms with van der Waals surface area (Å²) in [5.74, 6) is -2.26. The van der Waals surface area contributed by atoms with Crippen LogP contribution in [0.15, 0.2) is 134 Å². The van der Waals surface area contributed by atoms with Gasteiger partial charge >= 0.3 is 39.5 Å². The highest BCUT2D eigenvalue weighted by Crippen LogP contribution is 2.45. The van der Waals surface area contributed by atoms with Crippen LogP contribution < -0.4 is 0 Å². The number of phosphoric ester groups is 2. The second kappa shape index (κ2) is 76.4. The van der Waals surface area contributed by atoms with Crippen LogP contribution in [0.5, 0.6) is 0 Å². The van der Waals surface area contributed by atoms with E-state index in [-0.39, 0.29) is 25.7 Å². The molecule has 0 aliphatic rings. The number of aliphatic hydroxyl groups is 1. The molecule has 0 amide bonds. The lowest BCUT2D eigenvalue weighted by molar-refractivity contribution is -0.161. The Morgan fingerprint density at radius 2 is 0.510 bits per heavy atom. The number of carbonyl (C=O) groups is 4. The fourth-order valence-electron chi connectivity index (χ4n) is 10.5. The number of unbranched alkanes of at least 4 members (excludes halogenated alkanes) is 27. The van der Waals surface area contributed by atoms with Gasteiger partial charge in [0.05, 0.1) is 26.4 Å². The Labute approximate surface area is 631 Å². The zero-order valence-corrected chi connectivity index (χ0v) is 66.9. The molecule has 0 saturated heterocycles. The molecule has 0 aromatic heterocycles. The molecule has 0 aromatic rings. The molecular weight excluding hydrogens is 1350 g/mol. The largest absolute Gasteiger partial charge is 0.472 e. The first-order valence-corrected chi connectivity index (χ1v) is 43.4. The maximum absolute atomic E-state index is 13.1. The molecule has 104 heavy (non-hydrogen) atoms. The van der Waals surface area contributed by atoms with E-state index in [0.717, 1.165) is 180 Å². The monoisotopic (exact) mass is 1500 g/mol. The van der Waals surface area contributed by atoms with Gasteiger partial charge in [-0.15, -0.1) is 0 Å². The van der Waals surface area contributed by atoms with Crippen LogP contribution in [-0.2, 0) is 65.4 Å². The second-order valence-electron chi connectivity index (χ2n) is 26.6.